The minimum Gasteiger partial charge on any atom is -0.369 e. The van der Waals surface area contributed by atoms with E-state index in [1.807, 2.05) is 25.1 Å². The number of aromatic nitrogens is 1. The Hall–Kier alpha value is -2.03. The molecule has 3 nitrogen and oxygen atoms in total. The molecular weight excluding hydrogens is 260 g/mol. The molecule has 21 heavy (non-hydrogen) atoms. The Bertz CT molecular complexity index is 712. The van der Waals surface area contributed by atoms with Crippen LogP contribution in [0.1, 0.15) is 44.0 Å². The molecule has 1 atom stereocenters. The van der Waals surface area contributed by atoms with Gasteiger partial charge in [0.25, 0.3) is 0 Å². The van der Waals surface area contributed by atoms with Crippen molar-refractivity contribution in [1.29, 1.82) is 0 Å². The van der Waals surface area contributed by atoms with E-state index < -0.39 is 5.41 Å². The van der Waals surface area contributed by atoms with Crippen LogP contribution < -0.4 is 5.73 Å². The van der Waals surface area contributed by atoms with Gasteiger partial charge in [-0.3, -0.25) is 4.79 Å². The monoisotopic (exact) mass is 282 g/mol. The summed E-state index contributed by atoms with van der Waals surface area (Å²) in [6.07, 6.45) is 2.87. The van der Waals surface area contributed by atoms with Gasteiger partial charge in [-0.05, 0) is 48.9 Å². The number of fused-ring (bicyclic) bond motifs is 1. The van der Waals surface area contributed by atoms with E-state index in [2.05, 4.69) is 43.7 Å². The lowest BCUT2D eigenvalue weighted by Crippen LogP contribution is -2.37. The van der Waals surface area contributed by atoms with Crippen molar-refractivity contribution < 1.29 is 4.79 Å². The topological polar surface area (TPSA) is 48.0 Å². The van der Waals surface area contributed by atoms with Crippen LogP contribution in [0.3, 0.4) is 0 Å². The molecule has 3 heteroatoms. The first-order valence-corrected chi connectivity index (χ1v) is 7.35. The van der Waals surface area contributed by atoms with Crippen LogP contribution >= 0.6 is 0 Å². The zero-order valence-electron chi connectivity index (χ0n) is 13.1. The summed E-state index contributed by atoms with van der Waals surface area (Å²) in [4.78, 5) is 12.0. The van der Waals surface area contributed by atoms with Gasteiger partial charge >= 0.3 is 0 Å². The van der Waals surface area contributed by atoms with Gasteiger partial charge in [0.1, 0.15) is 0 Å². The number of rotatable bonds is 2. The van der Waals surface area contributed by atoms with Crippen molar-refractivity contribution in [3.63, 3.8) is 0 Å². The Kier molecular flexibility index (Phi) is 2.81. The highest BCUT2D eigenvalue weighted by atomic mass is 16.1. The fraction of sp³-hybridized carbons (Fsp3) is 0.389. The number of nitrogens with two attached hydrogens (primary N) is 1. The van der Waals surface area contributed by atoms with Crippen LogP contribution in [0.25, 0.3) is 5.69 Å². The van der Waals surface area contributed by atoms with E-state index in [0.717, 1.165) is 17.7 Å². The average molecular weight is 282 g/mol. The first-order chi connectivity index (χ1) is 9.77. The molecule has 1 aromatic heterocycles. The summed E-state index contributed by atoms with van der Waals surface area (Å²) in [6, 6.07) is 10.2. The summed E-state index contributed by atoms with van der Waals surface area (Å²) in [7, 11) is 0. The molecule has 1 unspecified atom stereocenters. The molecule has 1 aliphatic rings. The Morgan fingerprint density at radius 1 is 1.19 bits per heavy atom. The third-order valence-corrected chi connectivity index (χ3v) is 4.90. The zero-order valence-corrected chi connectivity index (χ0v) is 13.1. The molecule has 1 heterocycles. The van der Waals surface area contributed by atoms with Crippen molar-refractivity contribution in [2.24, 2.45) is 5.73 Å². The lowest BCUT2D eigenvalue weighted by Gasteiger charge is -2.26. The standard InChI is InChI=1S/C18H22N2O/c1-12-15-14(10-20(12)13-8-6-5-7-9-13)18(4,16(19)21)11-17(15,2)3/h5-10H,11H2,1-4H3,(H2,19,21). The molecule has 2 aromatic rings. The molecule has 0 aliphatic heterocycles. The highest BCUT2D eigenvalue weighted by molar-refractivity contribution is 5.88. The molecule has 0 bridgehead atoms. The van der Waals surface area contributed by atoms with Crippen molar-refractivity contribution in [2.75, 3.05) is 0 Å². The number of hydrogen-bond donors (Lipinski definition) is 1. The van der Waals surface area contributed by atoms with Gasteiger partial charge in [-0.15, -0.1) is 0 Å². The highest BCUT2D eigenvalue weighted by Gasteiger charge is 2.50. The summed E-state index contributed by atoms with van der Waals surface area (Å²) in [5.74, 6) is -0.237. The van der Waals surface area contributed by atoms with Crippen molar-refractivity contribution >= 4 is 5.91 Å². The van der Waals surface area contributed by atoms with Gasteiger partial charge in [0, 0.05) is 17.6 Å². The van der Waals surface area contributed by atoms with E-state index in [1.165, 1.54) is 11.3 Å². The fourth-order valence-corrected chi connectivity index (χ4v) is 4.02. The van der Waals surface area contributed by atoms with Gasteiger partial charge < -0.3 is 10.3 Å². The van der Waals surface area contributed by atoms with Gasteiger partial charge in [-0.2, -0.15) is 0 Å². The van der Waals surface area contributed by atoms with E-state index in [0.29, 0.717) is 0 Å². The summed E-state index contributed by atoms with van der Waals surface area (Å²) in [5, 5.41) is 0. The number of hydrogen-bond acceptors (Lipinski definition) is 1. The summed E-state index contributed by atoms with van der Waals surface area (Å²) >= 11 is 0. The van der Waals surface area contributed by atoms with Crippen molar-refractivity contribution in [1.82, 2.24) is 4.57 Å². The number of primary amides is 1. The van der Waals surface area contributed by atoms with E-state index in [4.69, 9.17) is 5.73 Å². The number of carbonyl (C=O) groups is 1. The van der Waals surface area contributed by atoms with E-state index in [-0.39, 0.29) is 11.3 Å². The molecule has 0 saturated heterocycles. The predicted octanol–water partition coefficient (Wildman–Crippen LogP) is 3.21. The fourth-order valence-electron chi connectivity index (χ4n) is 4.02. The van der Waals surface area contributed by atoms with Gasteiger partial charge in [0.05, 0.1) is 5.41 Å². The molecule has 110 valence electrons. The van der Waals surface area contributed by atoms with Crippen molar-refractivity contribution in [2.45, 2.75) is 44.9 Å². The molecule has 0 spiro atoms. The van der Waals surface area contributed by atoms with Crippen molar-refractivity contribution in [3.05, 3.63) is 53.3 Å². The van der Waals surface area contributed by atoms with Gasteiger partial charge in [-0.1, -0.05) is 32.0 Å². The summed E-state index contributed by atoms with van der Waals surface area (Å²) in [5.41, 5.74) is 9.77. The maximum absolute atomic E-state index is 12.0. The largest absolute Gasteiger partial charge is 0.369 e. The maximum atomic E-state index is 12.0. The average Bonchev–Trinajstić information content (AvgIpc) is 2.87. The lowest BCUT2D eigenvalue weighted by molar-refractivity contribution is -0.123. The smallest absolute Gasteiger partial charge is 0.227 e. The highest BCUT2D eigenvalue weighted by Crippen LogP contribution is 2.51. The molecule has 3 rings (SSSR count). The van der Waals surface area contributed by atoms with Gasteiger partial charge in [0.15, 0.2) is 0 Å². The second-order valence-corrected chi connectivity index (χ2v) is 6.97. The first-order valence-electron chi connectivity index (χ1n) is 7.35. The second kappa shape index (κ2) is 4.23. The minimum atomic E-state index is -0.580. The zero-order chi connectivity index (χ0) is 15.4. The molecular formula is C18H22N2O. The second-order valence-electron chi connectivity index (χ2n) is 6.97. The van der Waals surface area contributed by atoms with E-state index >= 15 is 0 Å². The minimum absolute atomic E-state index is 0.0385. The summed E-state index contributed by atoms with van der Waals surface area (Å²) < 4.78 is 2.17. The Labute approximate surface area is 125 Å². The predicted molar refractivity (Wildman–Crippen MR) is 84.7 cm³/mol. The van der Waals surface area contributed by atoms with Crippen LogP contribution in [-0.2, 0) is 15.6 Å². The number of para-hydroxylation sites is 1. The van der Waals surface area contributed by atoms with Crippen LogP contribution in [0.4, 0.5) is 0 Å². The maximum Gasteiger partial charge on any atom is 0.227 e. The molecule has 0 radical (unpaired) electrons. The summed E-state index contributed by atoms with van der Waals surface area (Å²) in [6.45, 7) is 8.49. The van der Waals surface area contributed by atoms with E-state index in [1.54, 1.807) is 0 Å². The third-order valence-electron chi connectivity index (χ3n) is 4.90. The van der Waals surface area contributed by atoms with E-state index in [9.17, 15) is 4.79 Å². The first kappa shape index (κ1) is 13.9. The molecule has 1 amide bonds. The van der Waals surface area contributed by atoms with Gasteiger partial charge in [-0.25, -0.2) is 0 Å². The van der Waals surface area contributed by atoms with Crippen LogP contribution in [-0.4, -0.2) is 10.5 Å². The van der Waals surface area contributed by atoms with Crippen LogP contribution in [0.2, 0.25) is 0 Å². The molecule has 1 aliphatic carbocycles. The van der Waals surface area contributed by atoms with Crippen LogP contribution in [0, 0.1) is 6.92 Å². The normalized spacial score (nSPS) is 23.0. The van der Waals surface area contributed by atoms with Crippen molar-refractivity contribution in [3.8, 4) is 5.69 Å². The number of amides is 1. The molecule has 0 saturated carbocycles. The van der Waals surface area contributed by atoms with Crippen LogP contribution in [0.15, 0.2) is 36.5 Å². The van der Waals surface area contributed by atoms with Gasteiger partial charge in [0.2, 0.25) is 5.91 Å². The number of carbonyl (C=O) groups excluding carboxylic acids is 1. The number of nitrogens with zero attached hydrogens (tertiary/aromatic N) is 1. The van der Waals surface area contributed by atoms with Crippen LogP contribution in [0.5, 0.6) is 0 Å². The lowest BCUT2D eigenvalue weighted by atomic mass is 9.79. The third kappa shape index (κ3) is 1.84. The Morgan fingerprint density at radius 3 is 2.38 bits per heavy atom. The molecule has 2 N–H and O–H groups in total. The SMILES string of the molecule is Cc1c2c(cn1-c1ccccc1)C(C)(C(N)=O)CC2(C)C. The Morgan fingerprint density at radius 2 is 1.81 bits per heavy atom. The Balaban J connectivity index is 2.26. The quantitative estimate of drug-likeness (QED) is 0.903. The number of benzene rings is 1. The molecule has 0 fully saturated rings. The molecule has 1 aromatic carbocycles.